The molecule has 3 N–H and O–H groups in total. The molecule has 0 aromatic heterocycles. The number of nitrogens with two attached hydrogens (primary N) is 1. The molecule has 5 heteroatoms. The number of hydrogen-bond acceptors (Lipinski definition) is 2. The molecule has 2 nitrogen and oxygen atoms in total. The van der Waals surface area contributed by atoms with Gasteiger partial charge in [0.05, 0.1) is 21.4 Å². The number of rotatable bonds is 2. The fourth-order valence-corrected chi connectivity index (χ4v) is 2.46. The van der Waals surface area contributed by atoms with Crippen molar-refractivity contribution >= 4 is 52.3 Å². The first-order valence-electron chi connectivity index (χ1n) is 4.91. The van der Waals surface area contributed by atoms with Gasteiger partial charge in [0.15, 0.2) is 0 Å². The number of hydrogen-bond donors (Lipinski definition) is 2. The van der Waals surface area contributed by atoms with Crippen molar-refractivity contribution in [1.82, 2.24) is 0 Å². The fourth-order valence-electron chi connectivity index (χ4n) is 1.70. The molecule has 2 rings (SSSR count). The third-order valence-electron chi connectivity index (χ3n) is 2.55. The van der Waals surface area contributed by atoms with Crippen LogP contribution in [0.5, 0.6) is 0 Å². The molecule has 0 bridgehead atoms. The lowest BCUT2D eigenvalue weighted by atomic mass is 10.0. The first kappa shape index (κ1) is 11.9. The lowest BCUT2D eigenvalue weighted by Gasteiger charge is -2.24. The molecular formula is C11H11Cl3N2. The van der Waals surface area contributed by atoms with Gasteiger partial charge >= 0.3 is 0 Å². The minimum atomic E-state index is 0.182. The lowest BCUT2D eigenvalue weighted by Crippen LogP contribution is -2.21. The summed E-state index contributed by atoms with van der Waals surface area (Å²) in [6, 6.07) is 1.84. The van der Waals surface area contributed by atoms with Crippen LogP contribution in [0.3, 0.4) is 0 Å². The molecule has 1 aromatic carbocycles. The number of alkyl halides is 1. The Kier molecular flexibility index (Phi) is 3.53. The molecule has 1 aliphatic heterocycles. The van der Waals surface area contributed by atoms with Gasteiger partial charge in [-0.1, -0.05) is 35.4 Å². The van der Waals surface area contributed by atoms with Crippen molar-refractivity contribution < 1.29 is 0 Å². The Bertz CT molecular complexity index is 443. The average Bonchev–Trinajstić information content (AvgIpc) is 2.26. The van der Waals surface area contributed by atoms with E-state index in [9.17, 15) is 0 Å². The van der Waals surface area contributed by atoms with E-state index in [0.717, 1.165) is 17.7 Å². The van der Waals surface area contributed by atoms with Crippen LogP contribution in [-0.2, 0) is 0 Å². The highest BCUT2D eigenvalue weighted by molar-refractivity contribution is 6.38. The Hall–Kier alpha value is -0.570. The van der Waals surface area contributed by atoms with Crippen LogP contribution in [0.25, 0.3) is 6.08 Å². The monoisotopic (exact) mass is 276 g/mol. The highest BCUT2D eigenvalue weighted by Crippen LogP contribution is 2.39. The van der Waals surface area contributed by atoms with Crippen LogP contribution in [0.4, 0.5) is 11.4 Å². The van der Waals surface area contributed by atoms with Crippen molar-refractivity contribution in [3.8, 4) is 0 Å². The van der Waals surface area contributed by atoms with Gasteiger partial charge in [-0.2, -0.15) is 0 Å². The van der Waals surface area contributed by atoms with E-state index in [4.69, 9.17) is 40.5 Å². The van der Waals surface area contributed by atoms with E-state index < -0.39 is 0 Å². The summed E-state index contributed by atoms with van der Waals surface area (Å²) in [4.78, 5) is 0. The van der Waals surface area contributed by atoms with Crippen molar-refractivity contribution in [2.24, 2.45) is 0 Å². The van der Waals surface area contributed by atoms with E-state index in [-0.39, 0.29) is 6.04 Å². The maximum absolute atomic E-state index is 6.09. The normalized spacial score (nSPS) is 18.1. The highest BCUT2D eigenvalue weighted by Gasteiger charge is 2.18. The molecule has 1 aliphatic rings. The Balaban J connectivity index is 2.43. The summed E-state index contributed by atoms with van der Waals surface area (Å²) in [7, 11) is 0. The summed E-state index contributed by atoms with van der Waals surface area (Å²) in [6.45, 7) is 0. The van der Waals surface area contributed by atoms with Gasteiger partial charge in [0.1, 0.15) is 0 Å². The molecule has 0 fully saturated rings. The molecule has 0 aliphatic carbocycles. The Labute approximate surface area is 109 Å². The van der Waals surface area contributed by atoms with Gasteiger partial charge in [0, 0.05) is 17.5 Å². The van der Waals surface area contributed by atoms with Gasteiger partial charge in [-0.05, 0) is 12.5 Å². The zero-order valence-corrected chi connectivity index (χ0v) is 10.7. The molecule has 86 valence electrons. The van der Waals surface area contributed by atoms with Crippen LogP contribution in [0.1, 0.15) is 12.0 Å². The number of halogens is 3. The minimum absolute atomic E-state index is 0.182. The molecule has 16 heavy (non-hydrogen) atoms. The van der Waals surface area contributed by atoms with E-state index in [1.54, 1.807) is 6.07 Å². The average molecular weight is 278 g/mol. The first-order valence-corrected chi connectivity index (χ1v) is 6.20. The topological polar surface area (TPSA) is 38.0 Å². The highest BCUT2D eigenvalue weighted by atomic mass is 35.5. The third kappa shape index (κ3) is 2.10. The van der Waals surface area contributed by atoms with Crippen LogP contribution < -0.4 is 11.1 Å². The number of nitrogen functional groups attached to an aromatic ring is 1. The second-order valence-electron chi connectivity index (χ2n) is 3.63. The summed E-state index contributed by atoms with van der Waals surface area (Å²) >= 11 is 17.8. The van der Waals surface area contributed by atoms with Crippen LogP contribution in [-0.4, -0.2) is 11.9 Å². The van der Waals surface area contributed by atoms with Gasteiger partial charge in [0.2, 0.25) is 0 Å². The van der Waals surface area contributed by atoms with E-state index >= 15 is 0 Å². The van der Waals surface area contributed by atoms with Crippen LogP contribution in [0, 0.1) is 0 Å². The molecule has 1 heterocycles. The predicted octanol–water partition coefficient (Wildman–Crippen LogP) is 4.01. The summed E-state index contributed by atoms with van der Waals surface area (Å²) in [5, 5.41) is 4.35. The van der Waals surface area contributed by atoms with Crippen molar-refractivity contribution in [2.75, 3.05) is 16.9 Å². The number of benzene rings is 1. The van der Waals surface area contributed by atoms with Gasteiger partial charge in [-0.3, -0.25) is 0 Å². The van der Waals surface area contributed by atoms with Gasteiger partial charge in [-0.15, -0.1) is 11.6 Å². The van der Waals surface area contributed by atoms with Crippen LogP contribution in [0.15, 0.2) is 12.1 Å². The van der Waals surface area contributed by atoms with E-state index in [0.29, 0.717) is 21.6 Å². The molecule has 0 radical (unpaired) electrons. The molecule has 0 saturated heterocycles. The maximum atomic E-state index is 6.09. The number of anilines is 2. The molecule has 0 amide bonds. The molecule has 1 unspecified atom stereocenters. The number of fused-ring (bicyclic) bond motifs is 1. The standard InChI is InChI=1S/C11H11Cl3N2/c12-4-3-6-1-2-7-8(13)5-9(14)10(15)11(7)16-6/h1-2,5-6,16H,3-4,15H2. The Morgan fingerprint density at radius 3 is 2.75 bits per heavy atom. The molecule has 0 saturated carbocycles. The second-order valence-corrected chi connectivity index (χ2v) is 4.82. The van der Waals surface area contributed by atoms with Crippen molar-refractivity contribution in [1.29, 1.82) is 0 Å². The minimum Gasteiger partial charge on any atom is -0.396 e. The molecule has 1 aromatic rings. The van der Waals surface area contributed by atoms with Gasteiger partial charge in [-0.25, -0.2) is 0 Å². The van der Waals surface area contributed by atoms with Gasteiger partial charge in [0.25, 0.3) is 0 Å². The largest absolute Gasteiger partial charge is 0.396 e. The quantitative estimate of drug-likeness (QED) is 0.633. The molecular weight excluding hydrogens is 266 g/mol. The number of nitrogens with one attached hydrogen (secondary N) is 1. The van der Waals surface area contributed by atoms with E-state index in [2.05, 4.69) is 5.32 Å². The van der Waals surface area contributed by atoms with E-state index in [1.807, 2.05) is 12.2 Å². The van der Waals surface area contributed by atoms with Gasteiger partial charge < -0.3 is 11.1 Å². The van der Waals surface area contributed by atoms with E-state index in [1.165, 1.54) is 0 Å². The zero-order valence-electron chi connectivity index (χ0n) is 8.43. The summed E-state index contributed by atoms with van der Waals surface area (Å²) in [5.41, 5.74) is 8.13. The van der Waals surface area contributed by atoms with Crippen molar-refractivity contribution in [3.05, 3.63) is 27.8 Å². The predicted molar refractivity (Wildman–Crippen MR) is 72.7 cm³/mol. The second kappa shape index (κ2) is 4.74. The van der Waals surface area contributed by atoms with Crippen molar-refractivity contribution in [2.45, 2.75) is 12.5 Å². The summed E-state index contributed by atoms with van der Waals surface area (Å²) < 4.78 is 0. The third-order valence-corrected chi connectivity index (χ3v) is 3.40. The van der Waals surface area contributed by atoms with Crippen LogP contribution >= 0.6 is 34.8 Å². The Morgan fingerprint density at radius 1 is 1.31 bits per heavy atom. The zero-order chi connectivity index (χ0) is 11.7. The maximum Gasteiger partial charge on any atom is 0.0746 e. The molecule has 1 atom stereocenters. The lowest BCUT2D eigenvalue weighted by molar-refractivity contribution is 0.837. The fraction of sp³-hybridized carbons (Fsp3) is 0.273. The summed E-state index contributed by atoms with van der Waals surface area (Å²) in [5.74, 6) is 0.589. The smallest absolute Gasteiger partial charge is 0.0746 e. The Morgan fingerprint density at radius 2 is 2.06 bits per heavy atom. The molecule has 0 spiro atoms. The first-order chi connectivity index (χ1) is 7.63. The summed E-state index contributed by atoms with van der Waals surface area (Å²) in [6.07, 6.45) is 4.82. The SMILES string of the molecule is Nc1c(Cl)cc(Cl)c2c1NC(CCCl)C=C2. The van der Waals surface area contributed by atoms with Crippen LogP contribution in [0.2, 0.25) is 10.0 Å². The van der Waals surface area contributed by atoms with Crippen molar-refractivity contribution in [3.63, 3.8) is 0 Å².